The molecular weight excluding hydrogens is 259 g/mol. The molecule has 0 radical (unpaired) electrons. The molecule has 1 atom stereocenters. The van der Waals surface area contributed by atoms with Gasteiger partial charge in [-0.3, -0.25) is 0 Å². The maximum atomic E-state index is 14.6. The Balaban J connectivity index is 2.41. The van der Waals surface area contributed by atoms with Crippen molar-refractivity contribution >= 4 is 11.8 Å². The number of hydrazone groups is 1. The van der Waals surface area contributed by atoms with Gasteiger partial charge >= 0.3 is 0 Å². The minimum Gasteiger partial charge on any atom is -0.467 e. The number of hydrogen-bond donors (Lipinski definition) is 1. The Kier molecular flexibility index (Phi) is 4.74. The van der Waals surface area contributed by atoms with Gasteiger partial charge in [-0.15, -0.1) is 0 Å². The Morgan fingerprint density at radius 1 is 1.55 bits per heavy atom. The second-order valence-electron chi connectivity index (χ2n) is 4.69. The lowest BCUT2D eigenvalue weighted by atomic mass is 9.92. The van der Waals surface area contributed by atoms with Crippen LogP contribution in [0.15, 0.2) is 23.8 Å². The number of benzene rings is 1. The van der Waals surface area contributed by atoms with E-state index in [1.165, 1.54) is 13.2 Å². The van der Waals surface area contributed by atoms with E-state index in [0.717, 1.165) is 18.7 Å². The number of ether oxygens (including phenoxy) is 2. The molecule has 4 nitrogen and oxygen atoms in total. The molecule has 0 fully saturated rings. The second kappa shape index (κ2) is 6.52. The van der Waals surface area contributed by atoms with Gasteiger partial charge in [-0.1, -0.05) is 19.6 Å². The Labute approximate surface area is 118 Å². The van der Waals surface area contributed by atoms with Crippen LogP contribution in [-0.2, 0) is 4.74 Å². The van der Waals surface area contributed by atoms with Gasteiger partial charge in [0.2, 0.25) is 0 Å². The molecule has 5 heteroatoms. The fourth-order valence-corrected chi connectivity index (χ4v) is 2.21. The largest absolute Gasteiger partial charge is 0.467 e. The van der Waals surface area contributed by atoms with Gasteiger partial charge in [0.1, 0.15) is 11.6 Å². The minimum absolute atomic E-state index is 0.0680. The summed E-state index contributed by atoms with van der Waals surface area (Å²) in [5, 5.41) is 4.24. The summed E-state index contributed by atoms with van der Waals surface area (Å²) in [6, 6.07) is 3.41. The van der Waals surface area contributed by atoms with Crippen molar-refractivity contribution in [3.05, 3.63) is 35.7 Å². The number of hydrogen-bond acceptors (Lipinski definition) is 4. The zero-order valence-corrected chi connectivity index (χ0v) is 11.8. The molecule has 108 valence electrons. The average molecular weight is 278 g/mol. The Hall–Kier alpha value is -1.88. The summed E-state index contributed by atoms with van der Waals surface area (Å²) in [7, 11) is 1.52. The number of halogens is 1. The lowest BCUT2D eigenvalue weighted by molar-refractivity contribution is 0.0507. The molecule has 1 unspecified atom stereocenters. The van der Waals surface area contributed by atoms with Crippen LogP contribution in [0.3, 0.4) is 0 Å². The van der Waals surface area contributed by atoms with E-state index in [0.29, 0.717) is 16.9 Å². The van der Waals surface area contributed by atoms with Crippen LogP contribution in [0.2, 0.25) is 0 Å². The molecular formula is C15H19FN2O2. The molecule has 1 heterocycles. The monoisotopic (exact) mass is 278 g/mol. The summed E-state index contributed by atoms with van der Waals surface area (Å²) in [4.78, 5) is 0. The number of rotatable bonds is 5. The third-order valence-electron chi connectivity index (χ3n) is 3.31. The van der Waals surface area contributed by atoms with E-state index in [2.05, 4.69) is 17.1 Å². The molecule has 0 saturated heterocycles. The summed E-state index contributed by atoms with van der Waals surface area (Å²) in [6.07, 6.45) is 2.38. The van der Waals surface area contributed by atoms with Crippen molar-refractivity contribution in [3.8, 4) is 5.75 Å². The first-order valence-electron chi connectivity index (χ1n) is 6.56. The van der Waals surface area contributed by atoms with Gasteiger partial charge in [-0.2, -0.15) is 5.10 Å². The molecule has 20 heavy (non-hydrogen) atoms. The first kappa shape index (κ1) is 14.5. The Morgan fingerprint density at radius 3 is 3.00 bits per heavy atom. The van der Waals surface area contributed by atoms with Crippen LogP contribution in [0.4, 0.5) is 4.39 Å². The first-order chi connectivity index (χ1) is 9.69. The predicted octanol–water partition coefficient (Wildman–Crippen LogP) is 2.78. The van der Waals surface area contributed by atoms with Crippen LogP contribution in [0.5, 0.6) is 5.75 Å². The molecule has 1 aromatic rings. The van der Waals surface area contributed by atoms with Crippen molar-refractivity contribution in [2.45, 2.75) is 13.3 Å². The van der Waals surface area contributed by atoms with E-state index in [9.17, 15) is 4.39 Å². The highest BCUT2D eigenvalue weighted by molar-refractivity contribution is 6.03. The van der Waals surface area contributed by atoms with E-state index in [-0.39, 0.29) is 18.5 Å². The summed E-state index contributed by atoms with van der Waals surface area (Å²) in [5.41, 5.74) is 4.48. The summed E-state index contributed by atoms with van der Waals surface area (Å²) >= 11 is 0. The van der Waals surface area contributed by atoms with Crippen LogP contribution in [-0.4, -0.2) is 26.2 Å². The van der Waals surface area contributed by atoms with E-state index in [1.54, 1.807) is 12.1 Å². The van der Waals surface area contributed by atoms with Gasteiger partial charge in [0.05, 0.1) is 11.3 Å². The smallest absolute Gasteiger partial charge is 0.188 e. The number of nitrogens with one attached hydrogen (secondary N) is 1. The zero-order chi connectivity index (χ0) is 14.5. The fourth-order valence-electron chi connectivity index (χ4n) is 2.21. The van der Waals surface area contributed by atoms with E-state index in [4.69, 9.17) is 9.47 Å². The summed E-state index contributed by atoms with van der Waals surface area (Å²) in [5.74, 6) is 0.275. The fraction of sp³-hybridized carbons (Fsp3) is 0.400. The van der Waals surface area contributed by atoms with E-state index < -0.39 is 0 Å². The third-order valence-corrected chi connectivity index (χ3v) is 3.31. The van der Waals surface area contributed by atoms with Crippen molar-refractivity contribution < 1.29 is 13.9 Å². The lowest BCUT2D eigenvalue weighted by Crippen LogP contribution is -2.28. The Morgan fingerprint density at radius 2 is 2.35 bits per heavy atom. The van der Waals surface area contributed by atoms with Crippen molar-refractivity contribution in [1.82, 2.24) is 5.43 Å². The van der Waals surface area contributed by atoms with E-state index >= 15 is 0 Å². The molecule has 0 aliphatic carbocycles. The van der Waals surface area contributed by atoms with Crippen molar-refractivity contribution in [3.63, 3.8) is 0 Å². The highest BCUT2D eigenvalue weighted by atomic mass is 19.1. The molecule has 1 aliphatic rings. The van der Waals surface area contributed by atoms with Crippen molar-refractivity contribution in [1.29, 1.82) is 0 Å². The predicted molar refractivity (Wildman–Crippen MR) is 77.3 cm³/mol. The molecule has 0 amide bonds. The molecule has 2 rings (SSSR count). The van der Waals surface area contributed by atoms with Crippen LogP contribution in [0, 0.1) is 11.7 Å². The van der Waals surface area contributed by atoms with Gasteiger partial charge in [-0.25, -0.2) is 4.39 Å². The zero-order valence-electron chi connectivity index (χ0n) is 11.8. The molecule has 1 aromatic carbocycles. The van der Waals surface area contributed by atoms with Crippen molar-refractivity contribution in [2.75, 3.05) is 20.4 Å². The molecule has 0 saturated carbocycles. The third kappa shape index (κ3) is 2.82. The minimum atomic E-state index is -0.358. The van der Waals surface area contributed by atoms with Gasteiger partial charge in [0.25, 0.3) is 0 Å². The summed E-state index contributed by atoms with van der Waals surface area (Å²) < 4.78 is 24.8. The highest BCUT2D eigenvalue weighted by Gasteiger charge is 2.22. The molecule has 0 bridgehead atoms. The standard InChI is InChI=1S/C15H19FN2O2/c1-4-11-13(20-9-19-3)6-5-12(14(11)16)15-10(2)7-8-17-18-15/h4-6,10,17H,1,7-9H2,2-3H3. The maximum absolute atomic E-state index is 14.6. The normalized spacial score (nSPS) is 18.1. The first-order valence-corrected chi connectivity index (χ1v) is 6.56. The molecule has 1 N–H and O–H groups in total. The van der Waals surface area contributed by atoms with E-state index in [1.807, 2.05) is 6.92 Å². The highest BCUT2D eigenvalue weighted by Crippen LogP contribution is 2.28. The topological polar surface area (TPSA) is 42.9 Å². The second-order valence-corrected chi connectivity index (χ2v) is 4.69. The molecule has 1 aliphatic heterocycles. The van der Waals surface area contributed by atoms with Gasteiger partial charge in [0.15, 0.2) is 6.79 Å². The average Bonchev–Trinajstić information content (AvgIpc) is 2.46. The Bertz CT molecular complexity index is 529. The number of methoxy groups -OCH3 is 1. The number of nitrogens with zero attached hydrogens (tertiary/aromatic N) is 1. The van der Waals surface area contributed by atoms with Crippen LogP contribution >= 0.6 is 0 Å². The van der Waals surface area contributed by atoms with Crippen LogP contribution in [0.25, 0.3) is 6.08 Å². The molecule has 0 aromatic heterocycles. The lowest BCUT2D eigenvalue weighted by Gasteiger charge is -2.21. The van der Waals surface area contributed by atoms with Gasteiger partial charge < -0.3 is 14.9 Å². The van der Waals surface area contributed by atoms with Crippen LogP contribution < -0.4 is 10.2 Å². The molecule has 0 spiro atoms. The van der Waals surface area contributed by atoms with Crippen molar-refractivity contribution in [2.24, 2.45) is 11.0 Å². The van der Waals surface area contributed by atoms with Gasteiger partial charge in [0, 0.05) is 25.1 Å². The van der Waals surface area contributed by atoms with Gasteiger partial charge in [-0.05, 0) is 18.6 Å². The summed E-state index contributed by atoms with van der Waals surface area (Å²) in [6.45, 7) is 6.58. The quantitative estimate of drug-likeness (QED) is 0.842. The SMILES string of the molecule is C=Cc1c(OCOC)ccc(C2=NNCCC2C)c1F. The van der Waals surface area contributed by atoms with Crippen LogP contribution in [0.1, 0.15) is 24.5 Å². The maximum Gasteiger partial charge on any atom is 0.188 e.